The fourth-order valence-electron chi connectivity index (χ4n) is 3.78. The van der Waals surface area contributed by atoms with Crippen molar-refractivity contribution < 1.29 is 45.7 Å². The molecule has 0 radical (unpaired) electrons. The van der Waals surface area contributed by atoms with Gasteiger partial charge in [-0.25, -0.2) is 14.8 Å². The highest BCUT2D eigenvalue weighted by Crippen LogP contribution is 2.36. The van der Waals surface area contributed by atoms with Crippen LogP contribution in [-0.4, -0.2) is 61.5 Å². The molecule has 0 unspecified atom stereocenters. The molecule has 1 N–H and O–H groups in total. The third-order valence-corrected chi connectivity index (χ3v) is 5.65. The van der Waals surface area contributed by atoms with Crippen molar-refractivity contribution in [2.45, 2.75) is 18.9 Å². The predicted octanol–water partition coefficient (Wildman–Crippen LogP) is 5.91. The van der Waals surface area contributed by atoms with Gasteiger partial charge in [0, 0.05) is 24.8 Å². The van der Waals surface area contributed by atoms with E-state index in [9.17, 15) is 36.2 Å². The molecule has 40 heavy (non-hydrogen) atoms. The van der Waals surface area contributed by atoms with E-state index in [2.05, 4.69) is 15.3 Å². The highest BCUT2D eigenvalue weighted by atomic mass is 19.4. The summed E-state index contributed by atoms with van der Waals surface area (Å²) in [5.41, 5.74) is -1.71. The van der Waals surface area contributed by atoms with E-state index in [-0.39, 0.29) is 23.7 Å². The lowest BCUT2D eigenvalue weighted by atomic mass is 10.0. The van der Waals surface area contributed by atoms with Crippen molar-refractivity contribution in [3.63, 3.8) is 0 Å². The lowest BCUT2D eigenvalue weighted by Gasteiger charge is -2.27. The van der Waals surface area contributed by atoms with Gasteiger partial charge in [-0.15, -0.1) is 6.54 Å². The van der Waals surface area contributed by atoms with Crippen LogP contribution in [0.1, 0.15) is 27.0 Å². The largest absolute Gasteiger partial charge is 0.661 e. The van der Waals surface area contributed by atoms with Crippen LogP contribution in [0.25, 0.3) is 16.6 Å². The molecule has 14 heteroatoms. The summed E-state index contributed by atoms with van der Waals surface area (Å²) in [4.78, 5) is 22.2. The number of aromatic nitrogens is 2. The molecule has 0 aliphatic carbocycles. The fourth-order valence-corrected chi connectivity index (χ4v) is 3.78. The zero-order chi connectivity index (χ0) is 29.5. The van der Waals surface area contributed by atoms with Gasteiger partial charge in [-0.05, 0) is 30.3 Å². The Morgan fingerprint density at radius 2 is 1.65 bits per heavy atom. The maximum atomic E-state index is 12.4. The molecular formula is C26H25F6N4O4-. The minimum absolute atomic E-state index is 0.0477. The Bertz CT molecular complexity index is 1280. The minimum atomic E-state index is -4.80. The van der Waals surface area contributed by atoms with Crippen molar-refractivity contribution in [2.24, 2.45) is 0 Å². The number of methoxy groups -OCH3 is 1. The van der Waals surface area contributed by atoms with Gasteiger partial charge in [0.05, 0.1) is 37.1 Å². The molecule has 216 valence electrons. The average Bonchev–Trinajstić information content (AvgIpc) is 2.92. The minimum Gasteiger partial charge on any atom is -0.661 e. The van der Waals surface area contributed by atoms with Crippen LogP contribution in [0, 0.1) is 0 Å². The molecule has 0 atom stereocenters. The number of para-hydroxylation sites is 1. The van der Waals surface area contributed by atoms with Gasteiger partial charge in [0.25, 0.3) is 0 Å². The molecule has 2 aromatic carbocycles. The number of hydrogen-bond acceptors (Lipinski definition) is 6. The molecule has 2 heterocycles. The molecule has 0 saturated carbocycles. The van der Waals surface area contributed by atoms with E-state index in [0.717, 1.165) is 0 Å². The number of nitrogens with zero attached hydrogens (tertiary/aromatic N) is 4. The second-order valence-corrected chi connectivity index (χ2v) is 8.43. The number of morpholine rings is 1. The van der Waals surface area contributed by atoms with Gasteiger partial charge < -0.3 is 24.8 Å². The summed E-state index contributed by atoms with van der Waals surface area (Å²) in [7, 11) is 2.86. The van der Waals surface area contributed by atoms with Gasteiger partial charge in [0.15, 0.2) is 0 Å². The summed E-state index contributed by atoms with van der Waals surface area (Å²) >= 11 is 0. The van der Waals surface area contributed by atoms with Crippen LogP contribution in [-0.2, 0) is 23.6 Å². The Kier molecular flexibility index (Phi) is 9.93. The monoisotopic (exact) mass is 571 g/mol. The van der Waals surface area contributed by atoms with Crippen LogP contribution < -0.4 is 9.64 Å². The van der Waals surface area contributed by atoms with E-state index in [1.807, 2.05) is 17.0 Å². The summed E-state index contributed by atoms with van der Waals surface area (Å²) in [6.45, 7) is 2.38. The van der Waals surface area contributed by atoms with Gasteiger partial charge in [-0.3, -0.25) is 0 Å². The van der Waals surface area contributed by atoms with E-state index in [0.29, 0.717) is 61.4 Å². The number of hydrogen-bond donors (Lipinski definition) is 1. The van der Waals surface area contributed by atoms with Gasteiger partial charge in [-0.1, -0.05) is 17.7 Å². The van der Waals surface area contributed by atoms with E-state index in [4.69, 9.17) is 9.47 Å². The normalized spacial score (nSPS) is 13.8. The molecular weight excluding hydrogens is 546 g/mol. The second-order valence-electron chi connectivity index (χ2n) is 8.43. The predicted molar refractivity (Wildman–Crippen MR) is 133 cm³/mol. The van der Waals surface area contributed by atoms with E-state index >= 15 is 0 Å². The molecule has 3 aromatic rings. The maximum absolute atomic E-state index is 12.4. The maximum Gasteiger partial charge on any atom is 0.416 e. The van der Waals surface area contributed by atoms with Crippen LogP contribution >= 0.6 is 0 Å². The number of carboxylic acids is 1. The first kappa shape index (κ1) is 30.6. The van der Waals surface area contributed by atoms with Crippen LogP contribution in [0.3, 0.4) is 0 Å². The number of halogens is 6. The Morgan fingerprint density at radius 3 is 2.17 bits per heavy atom. The van der Waals surface area contributed by atoms with Crippen molar-refractivity contribution in [1.29, 1.82) is 0 Å². The first-order valence-corrected chi connectivity index (χ1v) is 11.8. The number of aromatic carboxylic acids is 1. The van der Waals surface area contributed by atoms with Crippen LogP contribution in [0.2, 0.25) is 0 Å². The molecule has 1 aliphatic rings. The van der Waals surface area contributed by atoms with E-state index in [1.54, 1.807) is 19.2 Å². The molecule has 1 aromatic heterocycles. The summed E-state index contributed by atoms with van der Waals surface area (Å²) in [5.74, 6) is 0.000247. The topological polar surface area (TPSA) is 98.9 Å². The standard InChI is InChI=1S/C16H17N3O4.C10H8F6N/c1-22-13-5-3-2-4-11(13)14-12(15(20)21)10-17-16(18-14)19-6-8-23-9-7-19;1-17-5-6-2-7(9(11,12)13)4-8(3-6)10(14,15)16/h2-5,10H,6-9H2,1H3,(H,20,21);2-4H,5H2,1H3/q;-1. The third kappa shape index (κ3) is 7.82. The van der Waals surface area contributed by atoms with Crippen LogP contribution in [0.5, 0.6) is 5.75 Å². The van der Waals surface area contributed by atoms with Crippen LogP contribution in [0.15, 0.2) is 48.7 Å². The number of ether oxygens (including phenoxy) is 2. The summed E-state index contributed by atoms with van der Waals surface area (Å²) in [5, 5.41) is 13.0. The highest BCUT2D eigenvalue weighted by Gasteiger charge is 2.36. The van der Waals surface area contributed by atoms with Crippen molar-refractivity contribution in [3.8, 4) is 17.0 Å². The molecule has 0 amide bonds. The number of benzene rings is 2. The SMILES string of the molecule is COc1ccccc1-c1nc(N2CCOCC2)ncc1C(=O)O.C[N-]Cc1cc(C(F)(F)F)cc(C(F)(F)F)c1. The highest BCUT2D eigenvalue weighted by molar-refractivity contribution is 5.95. The molecule has 1 fully saturated rings. The molecule has 1 saturated heterocycles. The summed E-state index contributed by atoms with van der Waals surface area (Å²) in [6, 6.07) is 8.64. The molecule has 1 aliphatic heterocycles. The van der Waals surface area contributed by atoms with Gasteiger partial charge >= 0.3 is 18.3 Å². The fraction of sp³-hybridized carbons (Fsp3) is 0.346. The smallest absolute Gasteiger partial charge is 0.416 e. The van der Waals surface area contributed by atoms with Gasteiger partial charge in [0.1, 0.15) is 11.3 Å². The molecule has 8 nitrogen and oxygen atoms in total. The zero-order valence-electron chi connectivity index (χ0n) is 21.4. The lowest BCUT2D eigenvalue weighted by Crippen LogP contribution is -2.37. The van der Waals surface area contributed by atoms with Crippen molar-refractivity contribution >= 4 is 11.9 Å². The van der Waals surface area contributed by atoms with E-state index in [1.165, 1.54) is 13.2 Å². The molecule has 0 spiro atoms. The first-order valence-electron chi connectivity index (χ1n) is 11.8. The van der Waals surface area contributed by atoms with Gasteiger partial charge in [-0.2, -0.15) is 33.4 Å². The summed E-state index contributed by atoms with van der Waals surface area (Å²) in [6.07, 6.45) is -8.25. The zero-order valence-corrected chi connectivity index (χ0v) is 21.4. The van der Waals surface area contributed by atoms with Crippen molar-refractivity contribution in [1.82, 2.24) is 9.97 Å². The molecule has 0 bridgehead atoms. The number of rotatable bonds is 6. The number of carboxylic acid groups (broad SMARTS) is 1. The van der Waals surface area contributed by atoms with E-state index < -0.39 is 29.4 Å². The average molecular weight is 571 g/mol. The first-order chi connectivity index (χ1) is 18.8. The Hall–Kier alpha value is -3.91. The summed E-state index contributed by atoms with van der Waals surface area (Å²) < 4.78 is 84.9. The van der Waals surface area contributed by atoms with Crippen LogP contribution in [0.4, 0.5) is 32.3 Å². The Morgan fingerprint density at radius 1 is 1.05 bits per heavy atom. The number of alkyl halides is 6. The van der Waals surface area contributed by atoms with Crippen molar-refractivity contribution in [3.05, 3.63) is 76.2 Å². The Balaban J connectivity index is 0.000000232. The van der Waals surface area contributed by atoms with Gasteiger partial charge in [0.2, 0.25) is 5.95 Å². The lowest BCUT2D eigenvalue weighted by molar-refractivity contribution is -0.143. The second kappa shape index (κ2) is 13.0. The number of carbonyl (C=O) groups is 1. The Labute approximate surface area is 225 Å². The molecule has 4 rings (SSSR count). The van der Waals surface area contributed by atoms with Crippen molar-refractivity contribution in [2.75, 3.05) is 45.4 Å². The third-order valence-electron chi connectivity index (χ3n) is 5.65. The quantitative estimate of drug-likeness (QED) is 0.367. The number of anilines is 1.